The van der Waals surface area contributed by atoms with Gasteiger partial charge in [-0.2, -0.15) is 9.67 Å². The van der Waals surface area contributed by atoms with E-state index < -0.39 is 47.0 Å². The minimum absolute atomic E-state index is 0.0107. The van der Waals surface area contributed by atoms with Gasteiger partial charge in [-0.25, -0.2) is 9.78 Å². The molecule has 44 heavy (non-hydrogen) atoms. The maximum atomic E-state index is 13.3. The van der Waals surface area contributed by atoms with Gasteiger partial charge in [-0.3, -0.25) is 19.2 Å². The average Bonchev–Trinajstić information content (AvgIpc) is 3.56. The molecule has 0 saturated carbocycles. The highest BCUT2D eigenvalue weighted by Crippen LogP contribution is 2.40. The van der Waals surface area contributed by atoms with Crippen molar-refractivity contribution in [2.75, 3.05) is 25.1 Å². The van der Waals surface area contributed by atoms with Crippen LogP contribution < -0.4 is 26.0 Å². The molecule has 16 nitrogen and oxygen atoms in total. The van der Waals surface area contributed by atoms with Gasteiger partial charge in [0.15, 0.2) is 29.1 Å². The second kappa shape index (κ2) is 12.8. The summed E-state index contributed by atoms with van der Waals surface area (Å²) >= 11 is 8.28. The number of hydrogen-bond donors (Lipinski definition) is 4. The minimum Gasteiger partial charge on any atom is -0.543 e. The lowest BCUT2D eigenvalue weighted by Crippen LogP contribution is -2.71. The molecule has 2 amide bonds. The molecule has 5 N–H and O–H groups in total. The second-order valence-corrected chi connectivity index (χ2v) is 12.4. The van der Waals surface area contributed by atoms with Gasteiger partial charge < -0.3 is 36.2 Å². The first kappa shape index (κ1) is 31.2. The number of carbonyl (C=O) groups is 4. The maximum absolute atomic E-state index is 13.3. The number of anilines is 1. The van der Waals surface area contributed by atoms with Crippen molar-refractivity contribution >= 4 is 80.3 Å². The normalized spacial score (nSPS) is 19.0. The Morgan fingerprint density at radius 1 is 1.41 bits per heavy atom. The second-order valence-electron chi connectivity index (χ2n) is 9.70. The van der Waals surface area contributed by atoms with Crippen LogP contribution in [-0.4, -0.2) is 91.1 Å². The zero-order chi connectivity index (χ0) is 31.7. The topological polar surface area (TPSA) is 221 Å². The number of aromatic nitrogens is 4. The molecule has 0 aliphatic carbocycles. The Kier molecular flexibility index (Phi) is 9.05. The molecule has 0 radical (unpaired) electrons. The molecule has 2 aliphatic rings. The fraction of sp³-hybridized carbons (Fsp3) is 0.360. The minimum atomic E-state index is -1.52. The summed E-state index contributed by atoms with van der Waals surface area (Å²) in [7, 11) is 1.84. The molecule has 5 rings (SSSR count). The van der Waals surface area contributed by atoms with E-state index in [0.29, 0.717) is 18.7 Å². The number of oxime groups is 1. The summed E-state index contributed by atoms with van der Waals surface area (Å²) in [6.45, 7) is 2.72. The summed E-state index contributed by atoms with van der Waals surface area (Å²) < 4.78 is 3.63. The molecule has 0 bridgehead atoms. The SMILES string of the molecule is CNCCn1cc2c(ccc[n+]2CC2=C(C(=O)[O-])N3C(=O)C(NC(=O)/C(=N\O[C@@H](C)C(=O)O)c4nc(N)sc4Cl)C3SC2)n1. The molecule has 5 heterocycles. The van der Waals surface area contributed by atoms with Crippen molar-refractivity contribution < 1.29 is 38.8 Å². The molecule has 1 fully saturated rings. The average molecular weight is 664 g/mol. The summed E-state index contributed by atoms with van der Waals surface area (Å²) in [6.07, 6.45) is 2.25. The smallest absolute Gasteiger partial charge is 0.347 e. The van der Waals surface area contributed by atoms with Crippen LogP contribution >= 0.6 is 34.7 Å². The number of pyridine rings is 1. The van der Waals surface area contributed by atoms with E-state index in [0.717, 1.165) is 27.3 Å². The number of fused-ring (bicyclic) bond motifs is 2. The number of nitrogens with two attached hydrogens (primary N) is 1. The molecule has 3 atom stereocenters. The van der Waals surface area contributed by atoms with Gasteiger partial charge in [0.1, 0.15) is 21.4 Å². The van der Waals surface area contributed by atoms with Crippen LogP contribution in [0.4, 0.5) is 5.13 Å². The third kappa shape index (κ3) is 6.05. The van der Waals surface area contributed by atoms with Gasteiger partial charge in [0, 0.05) is 23.9 Å². The summed E-state index contributed by atoms with van der Waals surface area (Å²) in [5.74, 6) is -4.26. The van der Waals surface area contributed by atoms with Crippen LogP contribution in [0.1, 0.15) is 12.6 Å². The Morgan fingerprint density at radius 3 is 2.84 bits per heavy atom. The van der Waals surface area contributed by atoms with Gasteiger partial charge in [0.05, 0.1) is 24.4 Å². The number of halogens is 1. The Labute approximate surface area is 262 Å². The first-order chi connectivity index (χ1) is 21.0. The number of carboxylic acids is 2. The Hall–Kier alpha value is -4.26. The van der Waals surface area contributed by atoms with Crippen molar-refractivity contribution in [3.63, 3.8) is 0 Å². The summed E-state index contributed by atoms with van der Waals surface area (Å²) in [5.41, 5.74) is 6.73. The number of β-lactam (4-membered cyclic amide) rings is 1. The molecule has 0 aromatic carbocycles. The van der Waals surface area contributed by atoms with E-state index in [9.17, 15) is 24.3 Å². The zero-order valence-electron chi connectivity index (χ0n) is 23.2. The predicted molar refractivity (Wildman–Crippen MR) is 157 cm³/mol. The van der Waals surface area contributed by atoms with Crippen molar-refractivity contribution in [2.24, 2.45) is 5.16 Å². The molecule has 3 aromatic heterocycles. The number of aliphatic carboxylic acids is 2. The quantitative estimate of drug-likeness (QED) is 0.0755. The number of likely N-dealkylation sites (N-methyl/N-ethyl adjacent to an activating group) is 1. The largest absolute Gasteiger partial charge is 0.543 e. The fourth-order valence-electron chi connectivity index (χ4n) is 4.60. The highest BCUT2D eigenvalue weighted by molar-refractivity contribution is 8.00. The lowest BCUT2D eigenvalue weighted by atomic mass is 10.0. The van der Waals surface area contributed by atoms with Crippen molar-refractivity contribution in [3.05, 3.63) is 45.8 Å². The van der Waals surface area contributed by atoms with Crippen LogP contribution in [0.2, 0.25) is 4.34 Å². The molecular weight excluding hydrogens is 638 g/mol. The number of hydrogen-bond acceptors (Lipinski definition) is 13. The number of carbonyl (C=O) groups excluding carboxylic acids is 3. The van der Waals surface area contributed by atoms with Crippen LogP contribution in [0.5, 0.6) is 0 Å². The molecule has 232 valence electrons. The number of thiazole rings is 1. The molecule has 0 spiro atoms. The number of rotatable bonds is 12. The van der Waals surface area contributed by atoms with E-state index >= 15 is 0 Å². The van der Waals surface area contributed by atoms with E-state index in [2.05, 4.69) is 25.9 Å². The van der Waals surface area contributed by atoms with E-state index in [1.807, 2.05) is 23.9 Å². The first-order valence-electron chi connectivity index (χ1n) is 13.1. The van der Waals surface area contributed by atoms with Crippen LogP contribution in [0.3, 0.4) is 0 Å². The zero-order valence-corrected chi connectivity index (χ0v) is 25.6. The number of nitrogens with one attached hydrogen (secondary N) is 2. The molecule has 19 heteroatoms. The fourth-order valence-corrected chi connectivity index (χ4v) is 6.87. The Balaban J connectivity index is 1.38. The van der Waals surface area contributed by atoms with E-state index in [-0.39, 0.29) is 33.2 Å². The van der Waals surface area contributed by atoms with E-state index in [1.165, 1.54) is 18.7 Å². The third-order valence-electron chi connectivity index (χ3n) is 6.77. The van der Waals surface area contributed by atoms with Crippen molar-refractivity contribution in [1.29, 1.82) is 0 Å². The number of amides is 2. The van der Waals surface area contributed by atoms with Crippen molar-refractivity contribution in [3.8, 4) is 0 Å². The monoisotopic (exact) mass is 663 g/mol. The van der Waals surface area contributed by atoms with Crippen LogP contribution in [-0.2, 0) is 37.1 Å². The van der Waals surface area contributed by atoms with Gasteiger partial charge in [-0.1, -0.05) is 28.1 Å². The Bertz CT molecular complexity index is 1720. The number of thioether (sulfide) groups is 1. The highest BCUT2D eigenvalue weighted by Gasteiger charge is 2.53. The van der Waals surface area contributed by atoms with Crippen molar-refractivity contribution in [1.82, 2.24) is 30.3 Å². The molecule has 3 aromatic rings. The van der Waals surface area contributed by atoms with Gasteiger partial charge in [-0.15, -0.1) is 11.8 Å². The van der Waals surface area contributed by atoms with Crippen LogP contribution in [0.25, 0.3) is 11.0 Å². The summed E-state index contributed by atoms with van der Waals surface area (Å²) in [5, 5.41) is 34.5. The highest BCUT2D eigenvalue weighted by atomic mass is 35.5. The Morgan fingerprint density at radius 2 is 2.18 bits per heavy atom. The third-order valence-corrected chi connectivity index (χ3v) is 9.19. The number of carboxylic acid groups (broad SMARTS) is 2. The van der Waals surface area contributed by atoms with E-state index in [4.69, 9.17) is 27.3 Å². The van der Waals surface area contributed by atoms with Gasteiger partial charge >= 0.3 is 5.97 Å². The predicted octanol–water partition coefficient (Wildman–Crippen LogP) is -1.47. The molecule has 2 aliphatic heterocycles. The van der Waals surface area contributed by atoms with Crippen molar-refractivity contribution in [2.45, 2.75) is 37.5 Å². The molecule has 1 saturated heterocycles. The van der Waals surface area contributed by atoms with Crippen LogP contribution in [0, 0.1) is 0 Å². The molecular formula is C25H26ClN9O7S2. The van der Waals surface area contributed by atoms with Gasteiger partial charge in [-0.05, 0) is 20.0 Å². The number of nitrogens with zero attached hydrogens (tertiary/aromatic N) is 6. The lowest BCUT2D eigenvalue weighted by molar-refractivity contribution is -0.663. The maximum Gasteiger partial charge on any atom is 0.347 e. The lowest BCUT2D eigenvalue weighted by Gasteiger charge is -2.50. The first-order valence-corrected chi connectivity index (χ1v) is 15.3. The standard InChI is InChI=1S/C25H26ClN9O7S2/c1-11(23(38)39)42-32-16(15-19(26)44-25(27)30-15)20(36)29-17-21(37)35-18(24(40)41)12(10-43-22(17)35)8-33-6-3-4-13-14(33)9-34(31-13)7-5-28-2/h3-4,6,9,11,17,22,28H,5,7-8,10H2,1-2H3,(H4-,27,29,30,36,38,39,40,41)/b32-16-/t11-,17?,22?/m0/s1. The summed E-state index contributed by atoms with van der Waals surface area (Å²) in [6, 6.07) is 2.52. The van der Waals surface area contributed by atoms with Gasteiger partial charge in [0.2, 0.25) is 6.10 Å². The van der Waals surface area contributed by atoms with Gasteiger partial charge in [0.25, 0.3) is 17.3 Å². The molecule has 2 unspecified atom stereocenters. The van der Waals surface area contributed by atoms with E-state index in [1.54, 1.807) is 16.9 Å². The summed E-state index contributed by atoms with van der Waals surface area (Å²) in [4.78, 5) is 60.1. The van der Waals surface area contributed by atoms with Crippen LogP contribution in [0.15, 0.2) is 41.0 Å². The number of nitrogen functional groups attached to an aromatic ring is 1.